The summed E-state index contributed by atoms with van der Waals surface area (Å²) in [6, 6.07) is 2.51. The first-order chi connectivity index (χ1) is 8.36. The van der Waals surface area contributed by atoms with Gasteiger partial charge in [-0.2, -0.15) is 0 Å². The van der Waals surface area contributed by atoms with Crippen molar-refractivity contribution in [1.29, 1.82) is 0 Å². The van der Waals surface area contributed by atoms with E-state index < -0.39 is 11.9 Å². The van der Waals surface area contributed by atoms with Gasteiger partial charge in [0.2, 0.25) is 0 Å². The number of rotatable bonds is 3. The minimum absolute atomic E-state index is 0.0896. The van der Waals surface area contributed by atoms with E-state index in [1.54, 1.807) is 6.92 Å². The number of aromatic hydroxyl groups is 1. The van der Waals surface area contributed by atoms with Crippen molar-refractivity contribution in [3.05, 3.63) is 24.3 Å². The molecule has 2 N–H and O–H groups in total. The highest BCUT2D eigenvalue weighted by molar-refractivity contribution is 6.29. The molecule has 6 heteroatoms. The van der Waals surface area contributed by atoms with Crippen molar-refractivity contribution < 1.29 is 29.3 Å². The zero-order valence-corrected chi connectivity index (χ0v) is 9.89. The summed E-state index contributed by atoms with van der Waals surface area (Å²) in [5.41, 5.74) is 0.903. The molecule has 0 fully saturated rings. The van der Waals surface area contributed by atoms with Gasteiger partial charge in [-0.3, -0.25) is 0 Å². The number of carboxylic acids is 1. The minimum atomic E-state index is -1.72. The van der Waals surface area contributed by atoms with Gasteiger partial charge in [0, 0.05) is 11.6 Å². The van der Waals surface area contributed by atoms with Gasteiger partial charge in [0.05, 0.1) is 7.11 Å². The largest absolute Gasteiger partial charge is 0.504 e. The van der Waals surface area contributed by atoms with Gasteiger partial charge in [0.1, 0.15) is 5.75 Å². The van der Waals surface area contributed by atoms with Crippen LogP contribution in [0.15, 0.2) is 18.7 Å². The Kier molecular flexibility index (Phi) is 3.93. The van der Waals surface area contributed by atoms with Crippen molar-refractivity contribution in [3.63, 3.8) is 0 Å². The van der Waals surface area contributed by atoms with E-state index in [-0.39, 0.29) is 17.2 Å². The highest BCUT2D eigenvalue weighted by atomic mass is 16.6. The van der Waals surface area contributed by atoms with Crippen LogP contribution in [0, 0.1) is 0 Å². The van der Waals surface area contributed by atoms with Gasteiger partial charge in [-0.05, 0) is 18.6 Å². The van der Waals surface area contributed by atoms with Crippen LogP contribution < -0.4 is 9.47 Å². The zero-order chi connectivity index (χ0) is 13.9. The SMILES string of the molecule is C=C(C)c1cc(OC)c(O)cc1OC(=O)C(=O)O. The summed E-state index contributed by atoms with van der Waals surface area (Å²) in [4.78, 5) is 21.4. The van der Waals surface area contributed by atoms with Crippen LogP contribution in [-0.4, -0.2) is 29.3 Å². The fraction of sp³-hybridized carbons (Fsp3) is 0.167. The Hall–Kier alpha value is -2.50. The highest BCUT2D eigenvalue weighted by Gasteiger charge is 2.19. The van der Waals surface area contributed by atoms with E-state index >= 15 is 0 Å². The molecule has 0 atom stereocenters. The third-order valence-electron chi connectivity index (χ3n) is 2.12. The first-order valence-electron chi connectivity index (χ1n) is 4.88. The molecule has 1 aromatic carbocycles. The van der Waals surface area contributed by atoms with Gasteiger partial charge in [-0.25, -0.2) is 9.59 Å². The summed E-state index contributed by atoms with van der Waals surface area (Å²) >= 11 is 0. The Morgan fingerprint density at radius 2 is 1.89 bits per heavy atom. The van der Waals surface area contributed by atoms with Crippen molar-refractivity contribution in [1.82, 2.24) is 0 Å². The number of esters is 1. The van der Waals surface area contributed by atoms with Gasteiger partial charge < -0.3 is 19.7 Å². The van der Waals surface area contributed by atoms with Crippen LogP contribution in [0.25, 0.3) is 5.57 Å². The summed E-state index contributed by atoms with van der Waals surface area (Å²) in [5.74, 6) is -3.35. The highest BCUT2D eigenvalue weighted by Crippen LogP contribution is 2.36. The Morgan fingerprint density at radius 1 is 1.28 bits per heavy atom. The Morgan fingerprint density at radius 3 is 2.33 bits per heavy atom. The molecule has 0 aliphatic heterocycles. The van der Waals surface area contributed by atoms with Crippen LogP contribution in [0.5, 0.6) is 17.2 Å². The third-order valence-corrected chi connectivity index (χ3v) is 2.12. The van der Waals surface area contributed by atoms with Crippen LogP contribution in [0.2, 0.25) is 0 Å². The maximum Gasteiger partial charge on any atom is 0.422 e. The Labute approximate surface area is 103 Å². The molecular weight excluding hydrogens is 240 g/mol. The van der Waals surface area contributed by atoms with Crippen molar-refractivity contribution in [2.24, 2.45) is 0 Å². The first-order valence-corrected chi connectivity index (χ1v) is 4.88. The number of ether oxygens (including phenoxy) is 2. The number of phenols is 1. The molecule has 0 aliphatic carbocycles. The molecule has 0 bridgehead atoms. The Bertz CT molecular complexity index is 518. The van der Waals surface area contributed by atoms with E-state index in [1.807, 2.05) is 0 Å². The van der Waals surface area contributed by atoms with E-state index in [4.69, 9.17) is 9.84 Å². The predicted molar refractivity (Wildman–Crippen MR) is 62.6 cm³/mol. The lowest BCUT2D eigenvalue weighted by atomic mass is 10.1. The van der Waals surface area contributed by atoms with E-state index in [9.17, 15) is 14.7 Å². The number of carbonyl (C=O) groups excluding carboxylic acids is 1. The summed E-state index contributed by atoms with van der Waals surface area (Å²) in [6.45, 7) is 5.31. The van der Waals surface area contributed by atoms with Gasteiger partial charge >= 0.3 is 11.9 Å². The predicted octanol–water partition coefficient (Wildman–Crippen LogP) is 1.42. The van der Waals surface area contributed by atoms with Crippen LogP contribution in [0.4, 0.5) is 0 Å². The molecule has 18 heavy (non-hydrogen) atoms. The molecule has 0 heterocycles. The lowest BCUT2D eigenvalue weighted by Crippen LogP contribution is -2.19. The number of carboxylic acid groups (broad SMARTS) is 1. The molecule has 0 spiro atoms. The van der Waals surface area contributed by atoms with Gasteiger partial charge in [-0.1, -0.05) is 6.58 Å². The molecule has 0 aliphatic rings. The monoisotopic (exact) mass is 252 g/mol. The van der Waals surface area contributed by atoms with Gasteiger partial charge in [-0.15, -0.1) is 0 Å². The Balaban J connectivity index is 3.25. The van der Waals surface area contributed by atoms with Crippen LogP contribution >= 0.6 is 0 Å². The second-order valence-electron chi connectivity index (χ2n) is 3.50. The summed E-state index contributed by atoms with van der Waals surface area (Å²) in [7, 11) is 1.36. The molecule has 6 nitrogen and oxygen atoms in total. The first kappa shape index (κ1) is 13.6. The standard InChI is InChI=1S/C12H12O6/c1-6(2)7-4-10(17-3)8(13)5-9(7)18-12(16)11(14)15/h4-5,13H,1H2,2-3H3,(H,14,15). The number of phenolic OH excluding ortho intramolecular Hbond substituents is 1. The molecule has 0 saturated heterocycles. The van der Waals surface area contributed by atoms with Crippen LogP contribution in [-0.2, 0) is 9.59 Å². The number of hydrogen-bond acceptors (Lipinski definition) is 5. The number of allylic oxidation sites excluding steroid dienone is 1. The van der Waals surface area contributed by atoms with Crippen LogP contribution in [0.3, 0.4) is 0 Å². The van der Waals surface area contributed by atoms with Gasteiger partial charge in [0.15, 0.2) is 11.5 Å². The summed E-state index contributed by atoms with van der Waals surface area (Å²) < 4.78 is 9.53. The van der Waals surface area contributed by atoms with E-state index in [1.165, 1.54) is 13.2 Å². The smallest absolute Gasteiger partial charge is 0.422 e. The quantitative estimate of drug-likeness (QED) is 0.480. The zero-order valence-electron chi connectivity index (χ0n) is 9.89. The summed E-state index contributed by atoms with van der Waals surface area (Å²) in [5, 5.41) is 18.0. The lowest BCUT2D eigenvalue weighted by Gasteiger charge is -2.12. The molecule has 96 valence electrons. The molecule has 0 unspecified atom stereocenters. The summed E-state index contributed by atoms with van der Waals surface area (Å²) in [6.07, 6.45) is 0. The number of aliphatic carboxylic acids is 1. The molecule has 1 rings (SSSR count). The van der Waals surface area contributed by atoms with E-state index in [0.717, 1.165) is 6.07 Å². The lowest BCUT2D eigenvalue weighted by molar-refractivity contribution is -0.158. The van der Waals surface area contributed by atoms with Crippen molar-refractivity contribution in [2.45, 2.75) is 6.92 Å². The fourth-order valence-corrected chi connectivity index (χ4v) is 1.27. The average Bonchev–Trinajstić information content (AvgIpc) is 2.28. The molecule has 0 radical (unpaired) electrons. The topological polar surface area (TPSA) is 93.1 Å². The normalized spacial score (nSPS) is 9.67. The number of methoxy groups -OCH3 is 1. The van der Waals surface area contributed by atoms with E-state index in [2.05, 4.69) is 11.3 Å². The number of hydrogen-bond donors (Lipinski definition) is 2. The number of carbonyl (C=O) groups is 2. The molecule has 0 aromatic heterocycles. The van der Waals surface area contributed by atoms with Crippen molar-refractivity contribution >= 4 is 17.5 Å². The van der Waals surface area contributed by atoms with Gasteiger partial charge in [0.25, 0.3) is 0 Å². The molecular formula is C12H12O6. The second kappa shape index (κ2) is 5.22. The fourth-order valence-electron chi connectivity index (χ4n) is 1.27. The van der Waals surface area contributed by atoms with Crippen molar-refractivity contribution in [2.75, 3.05) is 7.11 Å². The maximum atomic E-state index is 11.0. The molecule has 0 amide bonds. The number of benzene rings is 1. The minimum Gasteiger partial charge on any atom is -0.504 e. The van der Waals surface area contributed by atoms with E-state index in [0.29, 0.717) is 11.1 Å². The second-order valence-corrected chi connectivity index (χ2v) is 3.50. The third kappa shape index (κ3) is 2.79. The molecule has 0 saturated carbocycles. The van der Waals surface area contributed by atoms with Crippen molar-refractivity contribution in [3.8, 4) is 17.2 Å². The van der Waals surface area contributed by atoms with Crippen LogP contribution in [0.1, 0.15) is 12.5 Å². The average molecular weight is 252 g/mol. The maximum absolute atomic E-state index is 11.0. The molecule has 1 aromatic rings.